The summed E-state index contributed by atoms with van der Waals surface area (Å²) >= 11 is 0. The molecular formula is C18H12N4O3. The second kappa shape index (κ2) is 6.40. The number of rotatable bonds is 4. The number of pyridine rings is 1. The number of benzene rings is 1. The fourth-order valence-electron chi connectivity index (χ4n) is 2.34. The van der Waals surface area contributed by atoms with Crippen LogP contribution in [0.15, 0.2) is 76.1 Å². The highest BCUT2D eigenvalue weighted by Crippen LogP contribution is 2.24. The molecule has 0 aliphatic rings. The maximum Gasteiger partial charge on any atom is 0.280 e. The minimum Gasteiger partial charge on any atom is -0.443 e. The lowest BCUT2D eigenvalue weighted by molar-refractivity contribution is 0.102. The van der Waals surface area contributed by atoms with Crippen molar-refractivity contribution in [2.75, 3.05) is 5.32 Å². The minimum atomic E-state index is -0.448. The lowest BCUT2D eigenvalue weighted by atomic mass is 10.1. The Morgan fingerprint density at radius 3 is 2.60 bits per heavy atom. The second-order valence-electron chi connectivity index (χ2n) is 5.14. The van der Waals surface area contributed by atoms with Crippen molar-refractivity contribution >= 4 is 11.8 Å². The van der Waals surface area contributed by atoms with E-state index in [-0.39, 0.29) is 11.6 Å². The topological polar surface area (TPSA) is 94.1 Å². The molecule has 0 radical (unpaired) electrons. The van der Waals surface area contributed by atoms with Crippen molar-refractivity contribution < 1.29 is 13.7 Å². The Morgan fingerprint density at radius 1 is 0.960 bits per heavy atom. The summed E-state index contributed by atoms with van der Waals surface area (Å²) in [7, 11) is 0. The van der Waals surface area contributed by atoms with E-state index < -0.39 is 5.91 Å². The zero-order valence-corrected chi connectivity index (χ0v) is 12.9. The molecule has 4 aromatic rings. The predicted octanol–water partition coefficient (Wildman–Crippen LogP) is 3.64. The molecule has 0 aliphatic heterocycles. The van der Waals surface area contributed by atoms with E-state index in [1.54, 1.807) is 18.3 Å². The van der Waals surface area contributed by atoms with Crippen LogP contribution in [0.5, 0.6) is 0 Å². The number of carbonyl (C=O) groups excluding carboxylic acids is 1. The first kappa shape index (κ1) is 14.8. The number of aromatic nitrogens is 3. The summed E-state index contributed by atoms with van der Waals surface area (Å²) in [5.41, 5.74) is 2.11. The Morgan fingerprint density at radius 2 is 1.80 bits per heavy atom. The highest BCUT2D eigenvalue weighted by Gasteiger charge is 2.20. The molecule has 4 rings (SSSR count). The van der Waals surface area contributed by atoms with Gasteiger partial charge in [-0.3, -0.25) is 15.1 Å². The fourth-order valence-corrected chi connectivity index (χ4v) is 2.34. The van der Waals surface area contributed by atoms with E-state index in [1.165, 1.54) is 6.39 Å². The van der Waals surface area contributed by atoms with Gasteiger partial charge in [-0.05, 0) is 12.1 Å². The molecule has 7 nitrogen and oxygen atoms in total. The van der Waals surface area contributed by atoms with Gasteiger partial charge in [0.05, 0.1) is 5.69 Å². The van der Waals surface area contributed by atoms with E-state index in [0.717, 1.165) is 5.56 Å². The first-order chi connectivity index (χ1) is 12.3. The molecule has 0 saturated carbocycles. The number of oxazole rings is 1. The predicted molar refractivity (Wildman–Crippen MR) is 89.6 cm³/mol. The number of hydrogen-bond acceptors (Lipinski definition) is 6. The van der Waals surface area contributed by atoms with Crippen molar-refractivity contribution in [2.24, 2.45) is 0 Å². The van der Waals surface area contributed by atoms with Gasteiger partial charge in [0.2, 0.25) is 5.88 Å². The van der Waals surface area contributed by atoms with Crippen molar-refractivity contribution in [1.82, 2.24) is 15.1 Å². The first-order valence-electron chi connectivity index (χ1n) is 7.49. The number of amides is 1. The summed E-state index contributed by atoms with van der Waals surface area (Å²) in [6, 6.07) is 16.3. The zero-order valence-electron chi connectivity index (χ0n) is 12.9. The molecule has 3 heterocycles. The van der Waals surface area contributed by atoms with Crippen LogP contribution in [0.2, 0.25) is 0 Å². The maximum atomic E-state index is 12.5. The van der Waals surface area contributed by atoms with E-state index in [9.17, 15) is 4.79 Å². The van der Waals surface area contributed by atoms with Crippen LogP contribution in [-0.4, -0.2) is 21.0 Å². The molecule has 122 valence electrons. The quantitative estimate of drug-likeness (QED) is 0.613. The minimum absolute atomic E-state index is 0.169. The monoisotopic (exact) mass is 332 g/mol. The molecule has 0 unspecified atom stereocenters. The zero-order chi connectivity index (χ0) is 17.1. The highest BCUT2D eigenvalue weighted by atomic mass is 16.5. The van der Waals surface area contributed by atoms with Gasteiger partial charge in [0.1, 0.15) is 5.69 Å². The molecule has 25 heavy (non-hydrogen) atoms. The molecule has 1 amide bonds. The molecule has 0 atom stereocenters. The van der Waals surface area contributed by atoms with Crippen LogP contribution in [0.25, 0.3) is 22.7 Å². The molecule has 0 saturated heterocycles. The van der Waals surface area contributed by atoms with Crippen molar-refractivity contribution in [3.8, 4) is 22.7 Å². The first-order valence-corrected chi connectivity index (χ1v) is 7.49. The largest absolute Gasteiger partial charge is 0.443 e. The van der Waals surface area contributed by atoms with Crippen LogP contribution in [0.4, 0.5) is 5.88 Å². The third-order valence-electron chi connectivity index (χ3n) is 3.49. The fraction of sp³-hybridized carbons (Fsp3) is 0. The smallest absolute Gasteiger partial charge is 0.280 e. The van der Waals surface area contributed by atoms with Gasteiger partial charge in [-0.1, -0.05) is 41.6 Å². The summed E-state index contributed by atoms with van der Waals surface area (Å²) in [6.07, 6.45) is 2.89. The average Bonchev–Trinajstić information content (AvgIpc) is 3.33. The highest BCUT2D eigenvalue weighted by molar-refractivity contribution is 6.05. The van der Waals surface area contributed by atoms with Gasteiger partial charge in [0, 0.05) is 17.8 Å². The van der Waals surface area contributed by atoms with E-state index in [4.69, 9.17) is 8.94 Å². The van der Waals surface area contributed by atoms with Gasteiger partial charge in [0.25, 0.3) is 5.91 Å². The van der Waals surface area contributed by atoms with Gasteiger partial charge in [-0.25, -0.2) is 4.98 Å². The maximum absolute atomic E-state index is 12.5. The van der Waals surface area contributed by atoms with Crippen molar-refractivity contribution in [3.05, 3.63) is 72.9 Å². The van der Waals surface area contributed by atoms with Gasteiger partial charge in [0.15, 0.2) is 17.8 Å². The van der Waals surface area contributed by atoms with Crippen LogP contribution in [0.3, 0.4) is 0 Å². The van der Waals surface area contributed by atoms with E-state index in [0.29, 0.717) is 17.1 Å². The third-order valence-corrected chi connectivity index (χ3v) is 3.49. The molecule has 1 N–H and O–H groups in total. The molecule has 7 heteroatoms. The number of carbonyl (C=O) groups is 1. The Balaban J connectivity index is 1.56. The van der Waals surface area contributed by atoms with E-state index in [1.807, 2.05) is 42.5 Å². The number of hydrogen-bond donors (Lipinski definition) is 1. The number of nitrogens with zero attached hydrogens (tertiary/aromatic N) is 3. The molecule has 0 spiro atoms. The lowest BCUT2D eigenvalue weighted by Gasteiger charge is -2.01. The standard InChI is InChI=1S/C18H12N4O3/c23-18(16-17(24-11-20-16)12-6-2-1-3-7-12)21-15-10-14(22-25-15)13-8-4-5-9-19-13/h1-11H,(H,21,23). The SMILES string of the molecule is O=C(Nc1cc(-c2ccccn2)no1)c1ncoc1-c1ccccc1. The van der Waals surface area contributed by atoms with Gasteiger partial charge in [-0.2, -0.15) is 0 Å². The van der Waals surface area contributed by atoms with Crippen LogP contribution >= 0.6 is 0 Å². The third kappa shape index (κ3) is 3.02. The second-order valence-corrected chi connectivity index (χ2v) is 5.14. The summed E-state index contributed by atoms with van der Waals surface area (Å²) < 4.78 is 10.5. The summed E-state index contributed by atoms with van der Waals surface area (Å²) in [5, 5.41) is 6.53. The van der Waals surface area contributed by atoms with Crippen molar-refractivity contribution in [1.29, 1.82) is 0 Å². The number of anilines is 1. The Kier molecular flexibility index (Phi) is 3.80. The Bertz CT molecular complexity index is 993. The summed E-state index contributed by atoms with van der Waals surface area (Å²) in [4.78, 5) is 20.7. The molecule has 0 bridgehead atoms. The van der Waals surface area contributed by atoms with Crippen LogP contribution in [0, 0.1) is 0 Å². The molecule has 1 aromatic carbocycles. The Hall–Kier alpha value is -3.74. The van der Waals surface area contributed by atoms with E-state index >= 15 is 0 Å². The van der Waals surface area contributed by atoms with Gasteiger partial charge in [-0.15, -0.1) is 0 Å². The van der Waals surface area contributed by atoms with Crippen LogP contribution in [-0.2, 0) is 0 Å². The lowest BCUT2D eigenvalue weighted by Crippen LogP contribution is -2.12. The molecule has 0 aliphatic carbocycles. The van der Waals surface area contributed by atoms with Crippen LogP contribution in [0.1, 0.15) is 10.5 Å². The molecular weight excluding hydrogens is 320 g/mol. The number of nitrogens with one attached hydrogen (secondary N) is 1. The normalized spacial score (nSPS) is 10.6. The van der Waals surface area contributed by atoms with E-state index in [2.05, 4.69) is 20.4 Å². The molecule has 3 aromatic heterocycles. The van der Waals surface area contributed by atoms with Crippen molar-refractivity contribution in [2.45, 2.75) is 0 Å². The van der Waals surface area contributed by atoms with Crippen molar-refractivity contribution in [3.63, 3.8) is 0 Å². The summed E-state index contributed by atoms with van der Waals surface area (Å²) in [6.45, 7) is 0. The van der Waals surface area contributed by atoms with Crippen LogP contribution < -0.4 is 5.32 Å². The molecule has 0 fully saturated rings. The summed E-state index contributed by atoms with van der Waals surface area (Å²) in [5.74, 6) is 0.145. The average molecular weight is 332 g/mol. The Labute approximate surface area is 142 Å². The van der Waals surface area contributed by atoms with Gasteiger partial charge < -0.3 is 8.94 Å². The van der Waals surface area contributed by atoms with Gasteiger partial charge >= 0.3 is 0 Å².